The molecule has 2 N–H and O–H groups in total. The molecule has 7 aromatic rings. The predicted octanol–water partition coefficient (Wildman–Crippen LogP) is 9.43. The number of aromatic hydroxyl groups is 2. The van der Waals surface area contributed by atoms with Crippen LogP contribution in [0, 0.1) is 0 Å². The highest BCUT2D eigenvalue weighted by molar-refractivity contribution is 6.01. The van der Waals surface area contributed by atoms with Gasteiger partial charge in [0.25, 0.3) is 0 Å². The molecule has 0 saturated carbocycles. The lowest BCUT2D eigenvalue weighted by Gasteiger charge is -2.21. The molecule has 0 radical (unpaired) electrons. The standard InChI is InChI=1S/C38H34N4O4/c1-37(2,3)21-17-23(27-11-7-9-15-39-27)33(43)25(19-21)35-41-31-29(45-35)13-14-30-32(31)42-36(46-30)26-20-22(38(4,5)6)18-24(34(26)44)28-12-8-10-16-40-28/h7-20,43-44H,1-6H3. The van der Waals surface area contributed by atoms with Gasteiger partial charge in [0, 0.05) is 23.5 Å². The third kappa shape index (κ3) is 5.05. The van der Waals surface area contributed by atoms with Crippen molar-refractivity contribution in [2.45, 2.75) is 52.4 Å². The average molecular weight is 611 g/mol. The van der Waals surface area contributed by atoms with Gasteiger partial charge in [0.2, 0.25) is 11.8 Å². The number of fused-ring (bicyclic) bond motifs is 3. The molecule has 3 aromatic carbocycles. The van der Waals surface area contributed by atoms with E-state index in [1.54, 1.807) is 24.5 Å². The fourth-order valence-corrected chi connectivity index (χ4v) is 5.51. The van der Waals surface area contributed by atoms with Crippen molar-refractivity contribution in [2.75, 3.05) is 0 Å². The number of nitrogens with zero attached hydrogens (tertiary/aromatic N) is 4. The van der Waals surface area contributed by atoms with Crippen LogP contribution in [-0.2, 0) is 10.8 Å². The van der Waals surface area contributed by atoms with E-state index in [1.165, 1.54) is 0 Å². The van der Waals surface area contributed by atoms with E-state index in [0.717, 1.165) is 11.1 Å². The molecule has 0 aliphatic carbocycles. The second-order valence-electron chi connectivity index (χ2n) is 13.6. The van der Waals surface area contributed by atoms with Crippen LogP contribution >= 0.6 is 0 Å². The molecule has 46 heavy (non-hydrogen) atoms. The van der Waals surface area contributed by atoms with Crippen molar-refractivity contribution in [1.29, 1.82) is 0 Å². The number of pyridine rings is 2. The molecule has 0 saturated heterocycles. The summed E-state index contributed by atoms with van der Waals surface area (Å²) in [7, 11) is 0. The van der Waals surface area contributed by atoms with E-state index >= 15 is 0 Å². The van der Waals surface area contributed by atoms with Crippen LogP contribution in [0.5, 0.6) is 11.5 Å². The minimum atomic E-state index is -0.218. The zero-order valence-electron chi connectivity index (χ0n) is 26.6. The van der Waals surface area contributed by atoms with E-state index in [9.17, 15) is 10.2 Å². The minimum absolute atomic E-state index is 0.0290. The fraction of sp³-hybridized carbons (Fsp3) is 0.211. The first-order valence-corrected chi connectivity index (χ1v) is 15.2. The van der Waals surface area contributed by atoms with Gasteiger partial charge in [0.1, 0.15) is 22.5 Å². The van der Waals surface area contributed by atoms with Gasteiger partial charge in [-0.25, -0.2) is 9.97 Å². The lowest BCUT2D eigenvalue weighted by Crippen LogP contribution is -2.11. The summed E-state index contributed by atoms with van der Waals surface area (Å²) in [6, 6.07) is 22.5. The SMILES string of the molecule is CC(C)(C)c1cc(-c2ccccn2)c(O)c(-c2nc3c(ccc4oc(-c5cc(C(C)(C)C)cc(-c6ccccn6)c5O)nc43)o2)c1. The second-order valence-corrected chi connectivity index (χ2v) is 13.6. The van der Waals surface area contributed by atoms with Gasteiger partial charge in [0.05, 0.1) is 22.5 Å². The van der Waals surface area contributed by atoms with Crippen molar-refractivity contribution in [3.8, 4) is 56.9 Å². The Morgan fingerprint density at radius 3 is 1.26 bits per heavy atom. The molecule has 0 aliphatic rings. The molecule has 0 amide bonds. The highest BCUT2D eigenvalue weighted by atomic mass is 16.4. The molecule has 0 fully saturated rings. The Hall–Kier alpha value is -5.50. The van der Waals surface area contributed by atoms with Crippen molar-refractivity contribution in [3.63, 3.8) is 0 Å². The normalized spacial score (nSPS) is 12.3. The van der Waals surface area contributed by atoms with Gasteiger partial charge in [-0.05, 0) is 82.6 Å². The van der Waals surface area contributed by atoms with Gasteiger partial charge in [-0.3, -0.25) is 9.97 Å². The number of oxazole rings is 2. The number of hydrogen-bond acceptors (Lipinski definition) is 8. The van der Waals surface area contributed by atoms with E-state index < -0.39 is 0 Å². The first-order valence-electron chi connectivity index (χ1n) is 15.2. The summed E-state index contributed by atoms with van der Waals surface area (Å²) in [5.41, 5.74) is 6.90. The van der Waals surface area contributed by atoms with Crippen LogP contribution in [-0.4, -0.2) is 30.1 Å². The van der Waals surface area contributed by atoms with Crippen molar-refractivity contribution in [3.05, 3.63) is 96.3 Å². The molecule has 8 nitrogen and oxygen atoms in total. The lowest BCUT2D eigenvalue weighted by molar-refractivity contribution is 0.474. The number of benzene rings is 3. The Morgan fingerprint density at radius 2 is 0.913 bits per heavy atom. The van der Waals surface area contributed by atoms with Gasteiger partial charge in [0.15, 0.2) is 11.2 Å². The highest BCUT2D eigenvalue weighted by Crippen LogP contribution is 2.44. The van der Waals surface area contributed by atoms with Crippen LogP contribution in [0.2, 0.25) is 0 Å². The molecule has 230 valence electrons. The highest BCUT2D eigenvalue weighted by Gasteiger charge is 2.26. The summed E-state index contributed by atoms with van der Waals surface area (Å²) in [5, 5.41) is 23.0. The number of phenolic OH excluding ortho intramolecular Hbond substituents is 2. The van der Waals surface area contributed by atoms with Crippen LogP contribution < -0.4 is 0 Å². The number of aromatic nitrogens is 4. The molecular formula is C38H34N4O4. The third-order valence-corrected chi connectivity index (χ3v) is 8.21. The van der Waals surface area contributed by atoms with Crippen LogP contribution in [0.4, 0.5) is 0 Å². The fourth-order valence-electron chi connectivity index (χ4n) is 5.51. The summed E-state index contributed by atoms with van der Waals surface area (Å²) in [6.45, 7) is 12.7. The average Bonchev–Trinajstić information content (AvgIpc) is 3.65. The van der Waals surface area contributed by atoms with Crippen molar-refractivity contribution < 1.29 is 19.0 Å². The van der Waals surface area contributed by atoms with Crippen LogP contribution in [0.25, 0.3) is 67.6 Å². The first-order chi connectivity index (χ1) is 21.9. The Labute approximate surface area is 266 Å². The van der Waals surface area contributed by atoms with E-state index in [-0.39, 0.29) is 34.1 Å². The molecule has 0 bridgehead atoms. The molecule has 0 spiro atoms. The first kappa shape index (κ1) is 29.2. The predicted molar refractivity (Wildman–Crippen MR) is 180 cm³/mol. The largest absolute Gasteiger partial charge is 0.506 e. The number of phenols is 2. The maximum atomic E-state index is 11.5. The minimum Gasteiger partial charge on any atom is -0.506 e. The van der Waals surface area contributed by atoms with Gasteiger partial charge in [-0.1, -0.05) is 53.7 Å². The van der Waals surface area contributed by atoms with Crippen molar-refractivity contribution in [1.82, 2.24) is 19.9 Å². The maximum absolute atomic E-state index is 11.5. The lowest BCUT2D eigenvalue weighted by atomic mass is 9.84. The van der Waals surface area contributed by atoms with Gasteiger partial charge >= 0.3 is 0 Å². The molecule has 0 unspecified atom stereocenters. The monoisotopic (exact) mass is 610 g/mol. The van der Waals surface area contributed by atoms with Gasteiger partial charge in [-0.2, -0.15) is 0 Å². The third-order valence-electron chi connectivity index (χ3n) is 8.21. The summed E-state index contributed by atoms with van der Waals surface area (Å²) < 4.78 is 12.5. The molecule has 0 atom stereocenters. The van der Waals surface area contributed by atoms with E-state index in [4.69, 9.17) is 18.8 Å². The Morgan fingerprint density at radius 1 is 0.522 bits per heavy atom. The van der Waals surface area contributed by atoms with Crippen molar-refractivity contribution in [2.24, 2.45) is 0 Å². The smallest absolute Gasteiger partial charge is 0.231 e. The summed E-state index contributed by atoms with van der Waals surface area (Å²) in [6.07, 6.45) is 3.40. The van der Waals surface area contributed by atoms with Crippen LogP contribution in [0.1, 0.15) is 52.7 Å². The second kappa shape index (κ2) is 10.5. The maximum Gasteiger partial charge on any atom is 0.231 e. The molecular weight excluding hydrogens is 576 g/mol. The molecule has 4 aromatic heterocycles. The van der Waals surface area contributed by atoms with Crippen LogP contribution in [0.3, 0.4) is 0 Å². The van der Waals surface area contributed by atoms with E-state index in [1.807, 2.05) is 60.7 Å². The Kier molecular flexibility index (Phi) is 6.70. The number of hydrogen-bond donors (Lipinski definition) is 2. The number of rotatable bonds is 4. The summed E-state index contributed by atoms with van der Waals surface area (Å²) >= 11 is 0. The molecule has 8 heteroatoms. The summed E-state index contributed by atoms with van der Waals surface area (Å²) in [4.78, 5) is 18.6. The quantitative estimate of drug-likeness (QED) is 0.202. The zero-order chi connectivity index (χ0) is 32.4. The van der Waals surface area contributed by atoms with Crippen LogP contribution in [0.15, 0.2) is 94.0 Å². The molecule has 0 aliphatic heterocycles. The topological polar surface area (TPSA) is 118 Å². The van der Waals surface area contributed by atoms with E-state index in [2.05, 4.69) is 51.5 Å². The summed E-state index contributed by atoms with van der Waals surface area (Å²) in [5.74, 6) is 0.563. The van der Waals surface area contributed by atoms with E-state index in [0.29, 0.717) is 55.8 Å². The Balaban J connectivity index is 1.41. The van der Waals surface area contributed by atoms with Gasteiger partial charge < -0.3 is 19.0 Å². The Bertz CT molecular complexity index is 2080. The van der Waals surface area contributed by atoms with Crippen molar-refractivity contribution >= 4 is 22.2 Å². The molecule has 7 rings (SSSR count). The zero-order valence-corrected chi connectivity index (χ0v) is 26.6. The molecule has 4 heterocycles. The van der Waals surface area contributed by atoms with Gasteiger partial charge in [-0.15, -0.1) is 0 Å².